The maximum absolute atomic E-state index is 9.55. The zero-order valence-corrected chi connectivity index (χ0v) is 16.1. The lowest BCUT2D eigenvalue weighted by Crippen LogP contribution is -2.36. The van der Waals surface area contributed by atoms with Gasteiger partial charge in [0.2, 0.25) is 0 Å². The highest BCUT2D eigenvalue weighted by Gasteiger charge is 2.36. The molecule has 0 radical (unpaired) electrons. The van der Waals surface area contributed by atoms with Gasteiger partial charge in [-0.05, 0) is 67.6 Å². The van der Waals surface area contributed by atoms with Crippen LogP contribution >= 0.6 is 0 Å². The molecule has 2 nitrogen and oxygen atoms in total. The van der Waals surface area contributed by atoms with Crippen LogP contribution in [0.3, 0.4) is 0 Å². The first-order valence-electron chi connectivity index (χ1n) is 11.0. The van der Waals surface area contributed by atoms with E-state index in [1.807, 2.05) is 0 Å². The first-order chi connectivity index (χ1) is 11.7. The molecule has 0 bridgehead atoms. The van der Waals surface area contributed by atoms with E-state index in [4.69, 9.17) is 4.89 Å². The summed E-state index contributed by atoms with van der Waals surface area (Å²) in [6.45, 7) is 4.78. The van der Waals surface area contributed by atoms with Crippen molar-refractivity contribution in [2.24, 2.45) is 35.5 Å². The topological polar surface area (TPSA) is 29.5 Å². The van der Waals surface area contributed by atoms with Crippen molar-refractivity contribution in [1.82, 2.24) is 0 Å². The Morgan fingerprint density at radius 1 is 0.667 bits per heavy atom. The van der Waals surface area contributed by atoms with Crippen molar-refractivity contribution in [1.29, 1.82) is 0 Å². The molecule has 0 aromatic rings. The Morgan fingerprint density at radius 3 is 1.50 bits per heavy atom. The normalized spacial score (nSPS) is 42.6. The van der Waals surface area contributed by atoms with Crippen molar-refractivity contribution in [3.05, 3.63) is 0 Å². The highest BCUT2D eigenvalue weighted by atomic mass is 17.1. The molecule has 0 saturated heterocycles. The van der Waals surface area contributed by atoms with Crippen LogP contribution in [-0.4, -0.2) is 11.4 Å². The average Bonchev–Trinajstić information content (AvgIpc) is 2.61. The van der Waals surface area contributed by atoms with Gasteiger partial charge < -0.3 is 0 Å². The van der Waals surface area contributed by atoms with Crippen molar-refractivity contribution in [3.8, 4) is 0 Å². The van der Waals surface area contributed by atoms with Gasteiger partial charge in [-0.3, -0.25) is 5.26 Å². The second-order valence-electron chi connectivity index (χ2n) is 9.73. The van der Waals surface area contributed by atoms with E-state index >= 15 is 0 Å². The summed E-state index contributed by atoms with van der Waals surface area (Å²) in [5.41, 5.74) is 0. The monoisotopic (exact) mass is 336 g/mol. The summed E-state index contributed by atoms with van der Waals surface area (Å²) in [6, 6.07) is 0. The molecule has 0 spiro atoms. The lowest BCUT2D eigenvalue weighted by atomic mass is 9.69. The minimum atomic E-state index is 0.119. The van der Waals surface area contributed by atoms with E-state index in [9.17, 15) is 5.26 Å². The Labute approximate surface area is 149 Å². The zero-order chi connectivity index (χ0) is 16.9. The van der Waals surface area contributed by atoms with E-state index in [1.54, 1.807) is 0 Å². The third-order valence-corrected chi connectivity index (χ3v) is 7.80. The Bertz CT molecular complexity index is 345. The minimum Gasteiger partial charge on any atom is -0.252 e. The van der Waals surface area contributed by atoms with Gasteiger partial charge in [0.25, 0.3) is 0 Å². The van der Waals surface area contributed by atoms with Crippen LogP contribution in [0.1, 0.15) is 97.3 Å². The Morgan fingerprint density at radius 2 is 1.04 bits per heavy atom. The molecule has 0 aromatic heterocycles. The summed E-state index contributed by atoms with van der Waals surface area (Å²) in [5.74, 6) is 5.01. The largest absolute Gasteiger partial charge is 0.252 e. The predicted molar refractivity (Wildman–Crippen MR) is 99.8 cm³/mol. The van der Waals surface area contributed by atoms with Crippen molar-refractivity contribution >= 4 is 0 Å². The average molecular weight is 337 g/mol. The SMILES string of the molecule is CC1CCC(CC2CCC(C(OO)C3CCC(C)CC3)CC2)CC1. The van der Waals surface area contributed by atoms with Crippen molar-refractivity contribution < 1.29 is 10.1 Å². The van der Waals surface area contributed by atoms with E-state index in [0.29, 0.717) is 11.8 Å². The Balaban J connectivity index is 1.42. The predicted octanol–water partition coefficient (Wildman–Crippen LogP) is 6.69. The molecule has 1 unspecified atom stereocenters. The van der Waals surface area contributed by atoms with Crippen LogP contribution in [0.25, 0.3) is 0 Å². The van der Waals surface area contributed by atoms with Gasteiger partial charge in [-0.25, -0.2) is 4.89 Å². The molecule has 3 aliphatic carbocycles. The van der Waals surface area contributed by atoms with E-state index in [0.717, 1.165) is 23.7 Å². The molecule has 0 amide bonds. The third kappa shape index (κ3) is 4.97. The Hall–Kier alpha value is -0.0800. The van der Waals surface area contributed by atoms with Gasteiger partial charge in [0.1, 0.15) is 0 Å². The third-order valence-electron chi connectivity index (χ3n) is 7.80. The standard InChI is InChI=1S/C22H40O2/c1-16-3-7-18(8-4-16)15-19-9-13-21(14-10-19)22(24-23)20-11-5-17(2)6-12-20/h16-23H,3-15H2,1-2H3. The van der Waals surface area contributed by atoms with Crippen molar-refractivity contribution in [2.75, 3.05) is 0 Å². The molecule has 3 rings (SSSR count). The molecule has 1 atom stereocenters. The van der Waals surface area contributed by atoms with Gasteiger partial charge in [0.05, 0.1) is 6.10 Å². The van der Waals surface area contributed by atoms with Gasteiger partial charge in [0, 0.05) is 0 Å². The van der Waals surface area contributed by atoms with E-state index in [-0.39, 0.29) is 6.10 Å². The van der Waals surface area contributed by atoms with Gasteiger partial charge in [0.15, 0.2) is 0 Å². The van der Waals surface area contributed by atoms with Crippen LogP contribution in [-0.2, 0) is 4.89 Å². The molecular formula is C22H40O2. The highest BCUT2D eigenvalue weighted by molar-refractivity contribution is 4.85. The summed E-state index contributed by atoms with van der Waals surface area (Å²) in [4.78, 5) is 5.06. The fraction of sp³-hybridized carbons (Fsp3) is 1.00. The highest BCUT2D eigenvalue weighted by Crippen LogP contribution is 2.42. The summed E-state index contributed by atoms with van der Waals surface area (Å²) in [7, 11) is 0. The van der Waals surface area contributed by atoms with E-state index in [2.05, 4.69) is 13.8 Å². The second kappa shape index (κ2) is 9.03. The smallest absolute Gasteiger partial charge is 0.0983 e. The number of hydrogen-bond acceptors (Lipinski definition) is 2. The molecule has 0 heterocycles. The maximum Gasteiger partial charge on any atom is 0.0983 e. The number of hydrogen-bond donors (Lipinski definition) is 1. The maximum atomic E-state index is 9.55. The van der Waals surface area contributed by atoms with Gasteiger partial charge >= 0.3 is 0 Å². The quantitative estimate of drug-likeness (QED) is 0.447. The van der Waals surface area contributed by atoms with Crippen LogP contribution < -0.4 is 0 Å². The zero-order valence-electron chi connectivity index (χ0n) is 16.1. The van der Waals surface area contributed by atoms with E-state index < -0.39 is 0 Å². The number of rotatable bonds is 5. The molecule has 2 heteroatoms. The lowest BCUT2D eigenvalue weighted by Gasteiger charge is -2.39. The summed E-state index contributed by atoms with van der Waals surface area (Å²) < 4.78 is 0. The molecular weight excluding hydrogens is 296 g/mol. The summed E-state index contributed by atoms with van der Waals surface area (Å²) in [5, 5.41) is 9.55. The van der Waals surface area contributed by atoms with Crippen LogP contribution in [0.5, 0.6) is 0 Å². The Kier molecular flexibility index (Phi) is 7.04. The van der Waals surface area contributed by atoms with Crippen LogP contribution in [0.2, 0.25) is 0 Å². The van der Waals surface area contributed by atoms with Gasteiger partial charge in [-0.2, -0.15) is 0 Å². The van der Waals surface area contributed by atoms with Crippen LogP contribution in [0.15, 0.2) is 0 Å². The van der Waals surface area contributed by atoms with Gasteiger partial charge in [-0.15, -0.1) is 0 Å². The lowest BCUT2D eigenvalue weighted by molar-refractivity contribution is -0.307. The molecule has 0 aliphatic heterocycles. The minimum absolute atomic E-state index is 0.119. The summed E-state index contributed by atoms with van der Waals surface area (Å²) >= 11 is 0. The fourth-order valence-electron chi connectivity index (χ4n) is 5.96. The molecule has 3 aliphatic rings. The molecule has 1 N–H and O–H groups in total. The van der Waals surface area contributed by atoms with E-state index in [1.165, 1.54) is 83.5 Å². The molecule has 140 valence electrons. The van der Waals surface area contributed by atoms with Crippen molar-refractivity contribution in [3.63, 3.8) is 0 Å². The molecule has 24 heavy (non-hydrogen) atoms. The summed E-state index contributed by atoms with van der Waals surface area (Å²) in [6.07, 6.45) is 17.9. The molecule has 3 saturated carbocycles. The first-order valence-corrected chi connectivity index (χ1v) is 11.0. The molecule has 3 fully saturated rings. The fourth-order valence-corrected chi connectivity index (χ4v) is 5.96. The second-order valence-corrected chi connectivity index (χ2v) is 9.73. The van der Waals surface area contributed by atoms with Crippen LogP contribution in [0.4, 0.5) is 0 Å². The first kappa shape index (κ1) is 18.7. The van der Waals surface area contributed by atoms with Crippen LogP contribution in [0, 0.1) is 35.5 Å². The van der Waals surface area contributed by atoms with Crippen molar-refractivity contribution in [2.45, 2.75) is 103 Å². The molecule has 0 aromatic carbocycles. The van der Waals surface area contributed by atoms with Gasteiger partial charge in [-0.1, -0.05) is 65.2 Å².